The zero-order chi connectivity index (χ0) is 15.0. The minimum atomic E-state index is -2.97. The van der Waals surface area contributed by atoms with Gasteiger partial charge in [0.2, 0.25) is 0 Å². The van der Waals surface area contributed by atoms with Crippen LogP contribution in [0.25, 0.3) is 11.0 Å². The van der Waals surface area contributed by atoms with Crippen LogP contribution in [0.2, 0.25) is 0 Å². The van der Waals surface area contributed by atoms with Crippen molar-refractivity contribution in [3.8, 4) is 5.75 Å². The van der Waals surface area contributed by atoms with Gasteiger partial charge in [0.05, 0.1) is 24.1 Å². The van der Waals surface area contributed by atoms with Crippen LogP contribution >= 0.6 is 0 Å². The highest BCUT2D eigenvalue weighted by Crippen LogP contribution is 2.26. The number of methoxy groups -OCH3 is 1. The number of hydrogen-bond donors (Lipinski definition) is 1. The van der Waals surface area contributed by atoms with E-state index >= 15 is 0 Å². The van der Waals surface area contributed by atoms with E-state index < -0.39 is 9.84 Å². The highest BCUT2D eigenvalue weighted by molar-refractivity contribution is 7.91. The van der Waals surface area contributed by atoms with Crippen molar-refractivity contribution in [3.63, 3.8) is 0 Å². The second kappa shape index (κ2) is 5.22. The van der Waals surface area contributed by atoms with Crippen molar-refractivity contribution in [1.29, 1.82) is 0 Å². The van der Waals surface area contributed by atoms with Crippen molar-refractivity contribution in [1.82, 2.24) is 9.55 Å². The summed E-state index contributed by atoms with van der Waals surface area (Å²) in [4.78, 5) is 14.9. The molecule has 2 heterocycles. The molecule has 0 bridgehead atoms. The summed E-state index contributed by atoms with van der Waals surface area (Å²) in [5.41, 5.74) is 1.18. The lowest BCUT2D eigenvalue weighted by atomic mass is 10.1. The maximum Gasteiger partial charge on any atom is 0.326 e. The molecule has 1 saturated heterocycles. The maximum atomic E-state index is 12.1. The summed E-state index contributed by atoms with van der Waals surface area (Å²) in [6, 6.07) is 5.42. The van der Waals surface area contributed by atoms with E-state index in [4.69, 9.17) is 4.74 Å². The van der Waals surface area contributed by atoms with E-state index in [2.05, 4.69) is 4.98 Å². The molecule has 1 atom stereocenters. The van der Waals surface area contributed by atoms with E-state index in [1.165, 1.54) is 0 Å². The van der Waals surface area contributed by atoms with Gasteiger partial charge < -0.3 is 9.72 Å². The van der Waals surface area contributed by atoms with Crippen LogP contribution in [-0.4, -0.2) is 36.6 Å². The fraction of sp³-hybridized carbons (Fsp3) is 0.500. The molecule has 114 valence electrons. The number of hydrogen-bond acceptors (Lipinski definition) is 4. The van der Waals surface area contributed by atoms with E-state index in [0.29, 0.717) is 29.7 Å². The number of aromatic nitrogens is 2. The topological polar surface area (TPSA) is 81.2 Å². The predicted octanol–water partition coefficient (Wildman–Crippen LogP) is 1.16. The van der Waals surface area contributed by atoms with Crippen LogP contribution in [0.5, 0.6) is 5.75 Å². The van der Waals surface area contributed by atoms with Crippen LogP contribution in [0.4, 0.5) is 0 Å². The summed E-state index contributed by atoms with van der Waals surface area (Å²) in [6.45, 7) is 0.401. The summed E-state index contributed by atoms with van der Waals surface area (Å²) in [5.74, 6) is 1.01. The quantitative estimate of drug-likeness (QED) is 0.922. The number of fused-ring (bicyclic) bond motifs is 1. The van der Waals surface area contributed by atoms with Crippen LogP contribution in [0.15, 0.2) is 23.0 Å². The van der Waals surface area contributed by atoms with Crippen LogP contribution in [-0.2, 0) is 16.4 Å². The van der Waals surface area contributed by atoms with Gasteiger partial charge in [-0.1, -0.05) is 6.07 Å². The number of H-pyrrole nitrogens is 1. The minimum absolute atomic E-state index is 0.0228. The fourth-order valence-electron chi connectivity index (χ4n) is 3.04. The number of aromatic amines is 1. The molecule has 1 aromatic carbocycles. The summed E-state index contributed by atoms with van der Waals surface area (Å²) < 4.78 is 30.4. The van der Waals surface area contributed by atoms with Crippen molar-refractivity contribution in [3.05, 3.63) is 28.7 Å². The van der Waals surface area contributed by atoms with Gasteiger partial charge in [0.1, 0.15) is 11.3 Å². The molecule has 21 heavy (non-hydrogen) atoms. The third-order valence-electron chi connectivity index (χ3n) is 3.97. The molecule has 0 saturated carbocycles. The monoisotopic (exact) mass is 310 g/mol. The van der Waals surface area contributed by atoms with Gasteiger partial charge in [0, 0.05) is 6.54 Å². The lowest BCUT2D eigenvalue weighted by molar-refractivity contribution is 0.406. The molecule has 0 amide bonds. The average Bonchev–Trinajstić information content (AvgIpc) is 2.74. The largest absolute Gasteiger partial charge is 0.494 e. The first-order chi connectivity index (χ1) is 10.00. The SMILES string of the molecule is COc1cccc2[nH]c(=O)n(CC3CCCS(=O)(=O)C3)c12. The van der Waals surface area contributed by atoms with Gasteiger partial charge in [-0.15, -0.1) is 0 Å². The number of benzene rings is 1. The number of nitrogens with one attached hydrogen (secondary N) is 1. The minimum Gasteiger partial charge on any atom is -0.494 e. The van der Waals surface area contributed by atoms with Crippen molar-refractivity contribution in [2.24, 2.45) is 5.92 Å². The number of sulfone groups is 1. The molecular formula is C14H18N2O4S. The maximum absolute atomic E-state index is 12.1. The first-order valence-electron chi connectivity index (χ1n) is 6.96. The summed E-state index contributed by atoms with van der Waals surface area (Å²) >= 11 is 0. The zero-order valence-electron chi connectivity index (χ0n) is 11.8. The molecule has 1 unspecified atom stereocenters. The standard InChI is InChI=1S/C14H18N2O4S/c1-20-12-6-2-5-11-13(12)16(14(17)15-11)8-10-4-3-7-21(18,19)9-10/h2,5-6,10H,3-4,7-9H2,1H3,(H,15,17). The lowest BCUT2D eigenvalue weighted by Gasteiger charge is -2.22. The Bertz CT molecular complexity index is 819. The Morgan fingerprint density at radius 3 is 2.95 bits per heavy atom. The zero-order valence-corrected chi connectivity index (χ0v) is 12.6. The van der Waals surface area contributed by atoms with Gasteiger partial charge in [-0.05, 0) is 30.9 Å². The Balaban J connectivity index is 2.01. The highest BCUT2D eigenvalue weighted by Gasteiger charge is 2.26. The molecule has 1 aromatic heterocycles. The van der Waals surface area contributed by atoms with Gasteiger partial charge in [0.15, 0.2) is 9.84 Å². The van der Waals surface area contributed by atoms with E-state index in [1.54, 1.807) is 17.7 Å². The van der Waals surface area contributed by atoms with E-state index in [9.17, 15) is 13.2 Å². The molecule has 3 rings (SSSR count). The average molecular weight is 310 g/mol. The second-order valence-electron chi connectivity index (χ2n) is 5.52. The number of imidazole rings is 1. The molecule has 1 fully saturated rings. The molecule has 7 heteroatoms. The first-order valence-corrected chi connectivity index (χ1v) is 8.78. The summed E-state index contributed by atoms with van der Waals surface area (Å²) in [6.07, 6.45) is 1.49. The Kier molecular flexibility index (Phi) is 3.52. The Hall–Kier alpha value is -1.76. The fourth-order valence-corrected chi connectivity index (χ4v) is 4.81. The van der Waals surface area contributed by atoms with Gasteiger partial charge in [-0.25, -0.2) is 13.2 Å². The van der Waals surface area contributed by atoms with Crippen molar-refractivity contribution >= 4 is 20.9 Å². The van der Waals surface area contributed by atoms with Crippen molar-refractivity contribution < 1.29 is 13.2 Å². The molecule has 0 spiro atoms. The van der Waals surface area contributed by atoms with Gasteiger partial charge in [0.25, 0.3) is 0 Å². The van der Waals surface area contributed by atoms with E-state index in [1.807, 2.05) is 12.1 Å². The third-order valence-corrected chi connectivity index (χ3v) is 5.86. The van der Waals surface area contributed by atoms with Crippen LogP contribution in [0.1, 0.15) is 12.8 Å². The van der Waals surface area contributed by atoms with Crippen molar-refractivity contribution in [2.45, 2.75) is 19.4 Å². The molecular weight excluding hydrogens is 292 g/mol. The Labute approximate surface area is 122 Å². The predicted molar refractivity (Wildman–Crippen MR) is 80.5 cm³/mol. The van der Waals surface area contributed by atoms with Crippen LogP contribution in [0.3, 0.4) is 0 Å². The molecule has 1 aliphatic heterocycles. The molecule has 1 aliphatic rings. The molecule has 2 aromatic rings. The first kappa shape index (κ1) is 14.2. The normalized spacial score (nSPS) is 21.5. The number of nitrogens with zero attached hydrogens (tertiary/aromatic N) is 1. The Morgan fingerprint density at radius 1 is 1.43 bits per heavy atom. The molecule has 1 N–H and O–H groups in total. The third kappa shape index (κ3) is 2.70. The molecule has 6 nitrogen and oxygen atoms in total. The number of rotatable bonds is 3. The molecule has 0 radical (unpaired) electrons. The highest BCUT2D eigenvalue weighted by atomic mass is 32.2. The van der Waals surface area contributed by atoms with Crippen LogP contribution in [0, 0.1) is 5.92 Å². The number of para-hydroxylation sites is 1. The van der Waals surface area contributed by atoms with Crippen LogP contribution < -0.4 is 10.4 Å². The van der Waals surface area contributed by atoms with E-state index in [-0.39, 0.29) is 23.1 Å². The van der Waals surface area contributed by atoms with Gasteiger partial charge >= 0.3 is 5.69 Å². The number of ether oxygens (including phenoxy) is 1. The molecule has 0 aliphatic carbocycles. The summed E-state index contributed by atoms with van der Waals surface area (Å²) in [5, 5.41) is 0. The van der Waals surface area contributed by atoms with E-state index in [0.717, 1.165) is 6.42 Å². The summed E-state index contributed by atoms with van der Waals surface area (Å²) in [7, 11) is -1.42. The second-order valence-corrected chi connectivity index (χ2v) is 7.75. The van der Waals surface area contributed by atoms with Gasteiger partial charge in [-0.3, -0.25) is 4.57 Å². The van der Waals surface area contributed by atoms with Gasteiger partial charge in [-0.2, -0.15) is 0 Å². The van der Waals surface area contributed by atoms with Crippen molar-refractivity contribution in [2.75, 3.05) is 18.6 Å². The smallest absolute Gasteiger partial charge is 0.326 e. The Morgan fingerprint density at radius 2 is 2.24 bits per heavy atom. The lowest BCUT2D eigenvalue weighted by Crippen LogP contribution is -2.31.